The quantitative estimate of drug-likeness (QED) is 0.285. The van der Waals surface area contributed by atoms with Crippen LogP contribution in [0.3, 0.4) is 0 Å². The molecule has 0 spiro atoms. The predicted molar refractivity (Wildman–Crippen MR) is 180 cm³/mol. The monoisotopic (exact) mass is 703 g/mol. The van der Waals surface area contributed by atoms with Gasteiger partial charge < -0.3 is 53.7 Å². The number of nitrogens with zero attached hydrogens (tertiary/aromatic N) is 1. The normalized spacial score (nSPS) is 48.2. The molecule has 3 aliphatic heterocycles. The van der Waals surface area contributed by atoms with Crippen molar-refractivity contribution in [3.63, 3.8) is 0 Å². The van der Waals surface area contributed by atoms with Crippen molar-refractivity contribution >= 4 is 11.8 Å². The molecule has 3 rings (SSSR count). The second kappa shape index (κ2) is 17.0. The number of methoxy groups -OCH3 is 1. The first-order valence-corrected chi connectivity index (χ1v) is 18.0. The van der Waals surface area contributed by atoms with Gasteiger partial charge in [0, 0.05) is 43.7 Å². The fraction of sp³-hybridized carbons (Fsp3) is 0.944. The van der Waals surface area contributed by atoms with Crippen molar-refractivity contribution < 1.29 is 58.4 Å². The summed E-state index contributed by atoms with van der Waals surface area (Å²) in [5.74, 6) is -3.97. The number of aliphatic hydroxyl groups is 4. The third kappa shape index (κ3) is 9.79. The van der Waals surface area contributed by atoms with Crippen LogP contribution in [-0.2, 0) is 38.0 Å². The number of carbonyl (C=O) groups excluding carboxylic acids is 2. The lowest BCUT2D eigenvalue weighted by molar-refractivity contribution is -0.317. The Balaban J connectivity index is 2.13. The molecule has 49 heavy (non-hydrogen) atoms. The summed E-state index contributed by atoms with van der Waals surface area (Å²) < 4.78 is 37.1. The molecule has 3 aliphatic rings. The van der Waals surface area contributed by atoms with E-state index in [-0.39, 0.29) is 37.2 Å². The average Bonchev–Trinajstić information content (AvgIpc) is 3.03. The van der Waals surface area contributed by atoms with Crippen LogP contribution in [0, 0.1) is 23.7 Å². The van der Waals surface area contributed by atoms with Crippen LogP contribution in [0.4, 0.5) is 0 Å². The third-order valence-corrected chi connectivity index (χ3v) is 11.3. The van der Waals surface area contributed by atoms with E-state index in [0.29, 0.717) is 12.8 Å². The molecular formula is C36H65NO12. The summed E-state index contributed by atoms with van der Waals surface area (Å²) >= 11 is 0. The highest BCUT2D eigenvalue weighted by molar-refractivity contribution is 5.83. The highest BCUT2D eigenvalue weighted by Crippen LogP contribution is 2.40. The Bertz CT molecular complexity index is 1090. The standard InChI is InChI=1S/C36H65NO12/c1-13-24-15-26(38)20(4)28(39)18(2)16-35(8,43)32(49-34-29(40)25(37(10)11)14-19(3)45-34)21(5)30(22(6)33(42)47-24)48-27-17-36(9,44-12)31(41)23(7)46-27/h18-27,29-32,34,38,40-41,43H,13-17H2,1-12H3/t18-,19-,20-,21+,22-,23+,24-,25+,26+,27?,29-,30?,31?,32-,34?,35-,36-/m1/s1. The molecule has 4 unspecified atom stereocenters. The number of rotatable bonds is 7. The molecule has 0 aromatic heterocycles. The molecular weight excluding hydrogens is 638 g/mol. The van der Waals surface area contributed by atoms with Gasteiger partial charge in [-0.05, 0) is 68.0 Å². The lowest BCUT2D eigenvalue weighted by Gasteiger charge is -2.48. The second-order valence-corrected chi connectivity index (χ2v) is 15.7. The summed E-state index contributed by atoms with van der Waals surface area (Å²) in [4.78, 5) is 29.4. The van der Waals surface area contributed by atoms with Gasteiger partial charge in [-0.25, -0.2) is 0 Å². The van der Waals surface area contributed by atoms with Gasteiger partial charge in [0.1, 0.15) is 24.1 Å². The van der Waals surface area contributed by atoms with Gasteiger partial charge in [0.05, 0.1) is 47.6 Å². The fourth-order valence-electron chi connectivity index (χ4n) is 7.93. The summed E-state index contributed by atoms with van der Waals surface area (Å²) in [5.41, 5.74) is -2.72. The van der Waals surface area contributed by atoms with Gasteiger partial charge in [-0.2, -0.15) is 0 Å². The van der Waals surface area contributed by atoms with Gasteiger partial charge >= 0.3 is 5.97 Å². The summed E-state index contributed by atoms with van der Waals surface area (Å²) in [7, 11) is 5.23. The van der Waals surface area contributed by atoms with Gasteiger partial charge in [-0.15, -0.1) is 0 Å². The topological polar surface area (TPSA) is 174 Å². The van der Waals surface area contributed by atoms with E-state index in [1.165, 1.54) is 7.11 Å². The van der Waals surface area contributed by atoms with Crippen molar-refractivity contribution in [3.05, 3.63) is 0 Å². The van der Waals surface area contributed by atoms with Gasteiger partial charge in [-0.3, -0.25) is 9.59 Å². The van der Waals surface area contributed by atoms with Crippen LogP contribution >= 0.6 is 0 Å². The van der Waals surface area contributed by atoms with E-state index in [0.717, 1.165) is 0 Å². The molecule has 3 saturated heterocycles. The van der Waals surface area contributed by atoms with Gasteiger partial charge in [0.25, 0.3) is 0 Å². The van der Waals surface area contributed by atoms with Crippen LogP contribution in [-0.4, -0.2) is 137 Å². The fourth-order valence-corrected chi connectivity index (χ4v) is 7.93. The van der Waals surface area contributed by atoms with E-state index >= 15 is 0 Å². The Morgan fingerprint density at radius 1 is 0.918 bits per heavy atom. The van der Waals surface area contributed by atoms with E-state index < -0.39 is 96.2 Å². The molecule has 17 atom stereocenters. The number of cyclic esters (lactones) is 1. The van der Waals surface area contributed by atoms with Crippen molar-refractivity contribution in [1.82, 2.24) is 4.90 Å². The van der Waals surface area contributed by atoms with Crippen LogP contribution < -0.4 is 0 Å². The first-order chi connectivity index (χ1) is 22.7. The molecule has 0 saturated carbocycles. The molecule has 13 nitrogen and oxygen atoms in total. The average molecular weight is 704 g/mol. The Morgan fingerprint density at radius 3 is 2.12 bits per heavy atom. The summed E-state index contributed by atoms with van der Waals surface area (Å²) in [6.07, 6.45) is -7.71. The van der Waals surface area contributed by atoms with Crippen molar-refractivity contribution in [1.29, 1.82) is 0 Å². The highest BCUT2D eigenvalue weighted by Gasteiger charge is 2.52. The van der Waals surface area contributed by atoms with Crippen LogP contribution in [0.5, 0.6) is 0 Å². The Hall–Kier alpha value is -1.26. The molecule has 0 radical (unpaired) electrons. The number of hydrogen-bond acceptors (Lipinski definition) is 13. The molecule has 0 aromatic carbocycles. The van der Waals surface area contributed by atoms with Gasteiger partial charge in [0.15, 0.2) is 12.6 Å². The zero-order valence-corrected chi connectivity index (χ0v) is 31.7. The van der Waals surface area contributed by atoms with Crippen LogP contribution in [0.15, 0.2) is 0 Å². The smallest absolute Gasteiger partial charge is 0.311 e. The largest absolute Gasteiger partial charge is 0.462 e. The molecule has 0 bridgehead atoms. The Kier molecular flexibility index (Phi) is 14.7. The first-order valence-electron chi connectivity index (χ1n) is 18.0. The van der Waals surface area contributed by atoms with Gasteiger partial charge in [-0.1, -0.05) is 27.7 Å². The zero-order chi connectivity index (χ0) is 37.2. The number of Topliss-reactive ketones (excluding diaryl/α,β-unsaturated/α-hetero) is 1. The van der Waals surface area contributed by atoms with Crippen molar-refractivity contribution in [2.45, 2.75) is 173 Å². The number of likely N-dealkylation sites (N-methyl/N-ethyl adjacent to an activating group) is 1. The van der Waals surface area contributed by atoms with E-state index in [9.17, 15) is 30.0 Å². The SMILES string of the molecule is CC[C@@H]1C[C@H](O)[C@@H](C)C(=O)[C@H](C)C[C@@](C)(O)[C@H](OC2O[C@H](C)C[C@H](N(C)C)[C@H]2O)[C@@H](C)C(OC2C[C@@](C)(OC)C(O)[C@H](C)O2)[C@@H](C)C(=O)O1. The maximum absolute atomic E-state index is 13.9. The number of ketones is 1. The number of esters is 1. The Morgan fingerprint density at radius 2 is 1.55 bits per heavy atom. The number of hydrogen-bond donors (Lipinski definition) is 4. The van der Waals surface area contributed by atoms with Crippen LogP contribution in [0.1, 0.15) is 94.4 Å². The number of carbonyl (C=O) groups is 2. The summed E-state index contributed by atoms with van der Waals surface area (Å²) in [6, 6.07) is -0.294. The molecule has 3 fully saturated rings. The maximum Gasteiger partial charge on any atom is 0.311 e. The van der Waals surface area contributed by atoms with Crippen molar-refractivity contribution in [3.8, 4) is 0 Å². The maximum atomic E-state index is 13.9. The number of ether oxygens (including phenoxy) is 6. The van der Waals surface area contributed by atoms with E-state index in [1.807, 2.05) is 32.8 Å². The minimum atomic E-state index is -1.71. The van der Waals surface area contributed by atoms with Crippen LogP contribution in [0.2, 0.25) is 0 Å². The second-order valence-electron chi connectivity index (χ2n) is 15.7. The first kappa shape index (κ1) is 42.2. The molecule has 13 heteroatoms. The van der Waals surface area contributed by atoms with Gasteiger partial charge in [0.2, 0.25) is 0 Å². The predicted octanol–water partition coefficient (Wildman–Crippen LogP) is 2.42. The lowest BCUT2D eigenvalue weighted by atomic mass is 9.75. The summed E-state index contributed by atoms with van der Waals surface area (Å²) in [6.45, 7) is 15.6. The molecule has 3 heterocycles. The highest BCUT2D eigenvalue weighted by atomic mass is 16.7. The van der Waals surface area contributed by atoms with Crippen molar-refractivity contribution in [2.75, 3.05) is 21.2 Å². The zero-order valence-electron chi connectivity index (χ0n) is 31.7. The summed E-state index contributed by atoms with van der Waals surface area (Å²) in [5, 5.41) is 45.7. The lowest BCUT2D eigenvalue weighted by Crippen LogP contribution is -2.60. The third-order valence-electron chi connectivity index (χ3n) is 11.3. The van der Waals surface area contributed by atoms with Crippen molar-refractivity contribution in [2.24, 2.45) is 23.7 Å². The molecule has 0 amide bonds. The molecule has 286 valence electrons. The van der Waals surface area contributed by atoms with E-state index in [2.05, 4.69) is 0 Å². The minimum Gasteiger partial charge on any atom is -0.462 e. The molecule has 4 N–H and O–H groups in total. The minimum absolute atomic E-state index is 0.0406. The van der Waals surface area contributed by atoms with E-state index in [1.54, 1.807) is 48.5 Å². The molecule has 0 aliphatic carbocycles. The van der Waals surface area contributed by atoms with Crippen LogP contribution in [0.25, 0.3) is 0 Å². The Labute approximate surface area is 292 Å². The molecule has 0 aromatic rings. The number of aliphatic hydroxyl groups excluding tert-OH is 3. The van der Waals surface area contributed by atoms with E-state index in [4.69, 9.17) is 28.4 Å².